The highest BCUT2D eigenvalue weighted by molar-refractivity contribution is 9.09. The Bertz CT molecular complexity index is 68.8. The van der Waals surface area contributed by atoms with E-state index in [1.54, 1.807) is 0 Å². The molecule has 0 bridgehead atoms. The van der Waals surface area contributed by atoms with E-state index in [9.17, 15) is 4.39 Å². The van der Waals surface area contributed by atoms with Crippen molar-refractivity contribution in [3.63, 3.8) is 0 Å². The molecule has 1 fully saturated rings. The first kappa shape index (κ1) is 6.49. The molecule has 1 saturated heterocycles. The molecule has 1 heterocycles. The second kappa shape index (κ2) is 2.78. The summed E-state index contributed by atoms with van der Waals surface area (Å²) in [6.45, 7) is 0.573. The summed E-state index contributed by atoms with van der Waals surface area (Å²) in [5.41, 5.74) is 0. The Morgan fingerprint density at radius 3 is 2.75 bits per heavy atom. The van der Waals surface area contributed by atoms with E-state index in [-0.39, 0.29) is 4.83 Å². The van der Waals surface area contributed by atoms with Gasteiger partial charge in [0.15, 0.2) is 0 Å². The van der Waals surface area contributed by atoms with E-state index in [0.29, 0.717) is 6.61 Å². The van der Waals surface area contributed by atoms with Crippen LogP contribution in [-0.4, -0.2) is 17.8 Å². The number of halogens is 2. The lowest BCUT2D eigenvalue weighted by Gasteiger charge is -2.20. The van der Waals surface area contributed by atoms with E-state index in [1.165, 1.54) is 0 Å². The van der Waals surface area contributed by atoms with Crippen LogP contribution in [0.25, 0.3) is 0 Å². The Morgan fingerprint density at radius 2 is 2.38 bits per heavy atom. The van der Waals surface area contributed by atoms with Gasteiger partial charge in [0.1, 0.15) is 0 Å². The fourth-order valence-electron chi connectivity index (χ4n) is 0.710. The molecule has 1 aliphatic heterocycles. The Balaban J connectivity index is 2.28. The number of hydrogen-bond donors (Lipinski definition) is 0. The Hall–Kier alpha value is 0.370. The summed E-state index contributed by atoms with van der Waals surface area (Å²) < 4.78 is 17.0. The number of hydrogen-bond acceptors (Lipinski definition) is 1. The van der Waals surface area contributed by atoms with E-state index in [4.69, 9.17) is 0 Å². The lowest BCUT2D eigenvalue weighted by molar-refractivity contribution is -0.0612. The van der Waals surface area contributed by atoms with Gasteiger partial charge in [0.25, 0.3) is 0 Å². The highest BCUT2D eigenvalue weighted by atomic mass is 79.9. The maximum Gasteiger partial charge on any atom is 0.211 e. The molecular weight excluding hydrogens is 175 g/mol. The highest BCUT2D eigenvalue weighted by Crippen LogP contribution is 2.21. The first-order valence-corrected chi connectivity index (χ1v) is 3.62. The third-order valence-corrected chi connectivity index (χ3v) is 2.06. The van der Waals surface area contributed by atoms with Gasteiger partial charge in [-0.15, -0.1) is 0 Å². The van der Waals surface area contributed by atoms with Gasteiger partial charge >= 0.3 is 0 Å². The molecule has 3 heteroatoms. The van der Waals surface area contributed by atoms with E-state index in [2.05, 4.69) is 20.7 Å². The molecule has 0 aromatic heterocycles. The summed E-state index contributed by atoms with van der Waals surface area (Å²) in [6.07, 6.45) is 0.779. The average molecular weight is 183 g/mol. The van der Waals surface area contributed by atoms with Gasteiger partial charge in [0, 0.05) is 0 Å². The highest BCUT2D eigenvalue weighted by Gasteiger charge is 2.21. The fraction of sp³-hybridized carbons (Fsp3) is 1.00. The van der Waals surface area contributed by atoms with Crippen molar-refractivity contribution in [1.82, 2.24) is 0 Å². The third kappa shape index (κ3) is 1.42. The van der Waals surface area contributed by atoms with Crippen molar-refractivity contribution in [3.8, 4) is 0 Å². The van der Waals surface area contributed by atoms with Crippen LogP contribution in [-0.2, 0) is 4.74 Å². The summed E-state index contributed by atoms with van der Waals surface area (Å²) >= 11 is 3.15. The smallest absolute Gasteiger partial charge is 0.211 e. The first-order chi connectivity index (χ1) is 3.80. The second-order valence-corrected chi connectivity index (χ2v) is 3.06. The molecule has 48 valence electrons. The predicted molar refractivity (Wildman–Crippen MR) is 32.8 cm³/mol. The fourth-order valence-corrected chi connectivity index (χ4v) is 1.19. The molecule has 0 amide bonds. The van der Waals surface area contributed by atoms with Gasteiger partial charge in [-0.05, 0) is 12.8 Å². The summed E-state index contributed by atoms with van der Waals surface area (Å²) in [7, 11) is 0. The van der Waals surface area contributed by atoms with Crippen LogP contribution in [0.2, 0.25) is 0 Å². The molecule has 8 heavy (non-hydrogen) atoms. The second-order valence-electron chi connectivity index (χ2n) is 1.88. The molecule has 0 aliphatic carbocycles. The van der Waals surface area contributed by atoms with Crippen molar-refractivity contribution in [2.45, 2.75) is 24.0 Å². The van der Waals surface area contributed by atoms with E-state index in [1.807, 2.05) is 0 Å². The van der Waals surface area contributed by atoms with Gasteiger partial charge in [-0.25, -0.2) is 4.39 Å². The van der Waals surface area contributed by atoms with Gasteiger partial charge in [-0.3, -0.25) is 0 Å². The zero-order valence-corrected chi connectivity index (χ0v) is 6.03. The number of ether oxygens (including phenoxy) is 1. The van der Waals surface area contributed by atoms with Crippen LogP contribution >= 0.6 is 15.9 Å². The summed E-state index contributed by atoms with van der Waals surface area (Å²) in [4.78, 5) is -0.0729. The maximum atomic E-state index is 12.3. The summed E-state index contributed by atoms with van der Waals surface area (Å²) in [6, 6.07) is 0. The quantitative estimate of drug-likeness (QED) is 0.520. The Morgan fingerprint density at radius 1 is 1.62 bits per heavy atom. The average Bonchev–Trinajstić information content (AvgIpc) is 1.77. The topological polar surface area (TPSA) is 9.23 Å². The van der Waals surface area contributed by atoms with Crippen LogP contribution in [0.4, 0.5) is 4.39 Å². The minimum atomic E-state index is -1.08. The standard InChI is InChI=1S/C5H8BrFO/c6-4-2-1-3-8-5(4)7/h4-5H,1-3H2. The zero-order chi connectivity index (χ0) is 5.98. The van der Waals surface area contributed by atoms with Gasteiger partial charge in [0.05, 0.1) is 11.4 Å². The maximum absolute atomic E-state index is 12.3. The van der Waals surface area contributed by atoms with Crippen molar-refractivity contribution in [2.24, 2.45) is 0 Å². The van der Waals surface area contributed by atoms with Crippen molar-refractivity contribution >= 4 is 15.9 Å². The minimum Gasteiger partial charge on any atom is -0.347 e. The SMILES string of the molecule is FC1OCCCC1Br. The minimum absolute atomic E-state index is 0.0729. The van der Waals surface area contributed by atoms with Gasteiger partial charge in [0.2, 0.25) is 6.36 Å². The zero-order valence-electron chi connectivity index (χ0n) is 4.44. The molecular formula is C5H8BrFO. The van der Waals surface area contributed by atoms with Crippen molar-refractivity contribution in [3.05, 3.63) is 0 Å². The van der Waals surface area contributed by atoms with Crippen LogP contribution in [0.15, 0.2) is 0 Å². The van der Waals surface area contributed by atoms with Crippen molar-refractivity contribution in [2.75, 3.05) is 6.61 Å². The molecule has 1 rings (SSSR count). The van der Waals surface area contributed by atoms with E-state index < -0.39 is 6.36 Å². The van der Waals surface area contributed by atoms with Crippen molar-refractivity contribution in [1.29, 1.82) is 0 Å². The van der Waals surface area contributed by atoms with E-state index in [0.717, 1.165) is 12.8 Å². The molecule has 2 unspecified atom stereocenters. The third-order valence-electron chi connectivity index (χ3n) is 1.19. The van der Waals surface area contributed by atoms with Gasteiger partial charge in [-0.1, -0.05) is 15.9 Å². The molecule has 0 N–H and O–H groups in total. The first-order valence-electron chi connectivity index (χ1n) is 2.70. The molecule has 1 aliphatic rings. The van der Waals surface area contributed by atoms with Gasteiger partial charge < -0.3 is 4.74 Å². The van der Waals surface area contributed by atoms with Crippen LogP contribution < -0.4 is 0 Å². The van der Waals surface area contributed by atoms with Crippen LogP contribution in [0.3, 0.4) is 0 Å². The lowest BCUT2D eigenvalue weighted by Crippen LogP contribution is -2.25. The monoisotopic (exact) mass is 182 g/mol. The molecule has 0 radical (unpaired) electrons. The lowest BCUT2D eigenvalue weighted by atomic mass is 10.2. The Kier molecular flexibility index (Phi) is 2.26. The summed E-state index contributed by atoms with van der Waals surface area (Å²) in [5, 5.41) is 0. The van der Waals surface area contributed by atoms with E-state index >= 15 is 0 Å². The van der Waals surface area contributed by atoms with Crippen molar-refractivity contribution < 1.29 is 9.13 Å². The molecule has 0 saturated carbocycles. The Labute approximate surface area is 56.3 Å². The van der Waals surface area contributed by atoms with Crippen LogP contribution in [0.1, 0.15) is 12.8 Å². The molecule has 1 nitrogen and oxygen atoms in total. The molecule has 0 aromatic carbocycles. The number of rotatable bonds is 0. The van der Waals surface area contributed by atoms with Crippen LogP contribution in [0, 0.1) is 0 Å². The molecule has 0 aromatic rings. The largest absolute Gasteiger partial charge is 0.347 e. The van der Waals surface area contributed by atoms with Gasteiger partial charge in [-0.2, -0.15) is 0 Å². The number of alkyl halides is 2. The normalized spacial score (nSPS) is 39.8. The molecule has 0 spiro atoms. The summed E-state index contributed by atoms with van der Waals surface area (Å²) in [5.74, 6) is 0. The van der Waals surface area contributed by atoms with Crippen LogP contribution in [0.5, 0.6) is 0 Å². The predicted octanol–water partition coefficient (Wildman–Crippen LogP) is 1.86. The molecule has 2 atom stereocenters.